The van der Waals surface area contributed by atoms with Crippen molar-refractivity contribution < 1.29 is 13.5 Å². The normalized spacial score (nSPS) is 17.1. The Morgan fingerprint density at radius 2 is 2.15 bits per heavy atom. The van der Waals surface area contributed by atoms with Gasteiger partial charge in [-0.05, 0) is 23.9 Å². The third-order valence-electron chi connectivity index (χ3n) is 1.88. The summed E-state index contributed by atoms with van der Waals surface area (Å²) in [6.45, 7) is 2.05. The van der Waals surface area contributed by atoms with E-state index in [-0.39, 0.29) is 5.92 Å². The summed E-state index contributed by atoms with van der Waals surface area (Å²) in [4.78, 5) is 0. The van der Waals surface area contributed by atoms with Gasteiger partial charge in [-0.25, -0.2) is 5.43 Å². The number of methoxy groups -OCH3 is 1. The third-order valence-corrected chi connectivity index (χ3v) is 2.11. The van der Waals surface area contributed by atoms with Gasteiger partial charge in [0.2, 0.25) is 0 Å². The molecule has 0 rings (SSSR count). The van der Waals surface area contributed by atoms with E-state index < -0.39 is 11.4 Å². The van der Waals surface area contributed by atoms with Crippen molar-refractivity contribution in [1.82, 2.24) is 5.43 Å². The van der Waals surface area contributed by atoms with Gasteiger partial charge in [0, 0.05) is 13.7 Å². The number of nitrogens with one attached hydrogen (secondary N) is 1. The summed E-state index contributed by atoms with van der Waals surface area (Å²) in [5, 5.41) is -3.33. The first-order valence-corrected chi connectivity index (χ1v) is 4.33. The minimum Gasteiger partial charge on any atom is -0.385 e. The zero-order chi connectivity index (χ0) is 10.5. The first kappa shape index (κ1) is 13.0. The molecule has 80 valence electrons. The van der Waals surface area contributed by atoms with Crippen molar-refractivity contribution in [3.05, 3.63) is 0 Å². The fraction of sp³-hybridized carbons (Fsp3) is 1.00. The van der Waals surface area contributed by atoms with Crippen LogP contribution < -0.4 is 11.3 Å². The zero-order valence-corrected chi connectivity index (χ0v) is 8.44. The van der Waals surface area contributed by atoms with E-state index in [2.05, 4.69) is 0 Å². The molecule has 0 aliphatic rings. The maximum absolute atomic E-state index is 12.6. The molecule has 2 atom stereocenters. The van der Waals surface area contributed by atoms with Gasteiger partial charge in [0.25, 0.3) is 0 Å². The Kier molecular flexibility index (Phi) is 5.71. The average Bonchev–Trinajstić information content (AvgIpc) is 1.99. The number of hydrogen-bond acceptors (Lipinski definition) is 3. The quantitative estimate of drug-likeness (QED) is 0.400. The standard InChI is InChI=1S/C7H15ClF2N2O/c1-5(3-4-13-2)6(12-11)7(8,9)10/h5-6,12H,3-4,11H2,1-2H3. The summed E-state index contributed by atoms with van der Waals surface area (Å²) in [6, 6.07) is -1.23. The van der Waals surface area contributed by atoms with E-state index in [0.717, 1.165) is 0 Å². The van der Waals surface area contributed by atoms with E-state index >= 15 is 0 Å². The fourth-order valence-corrected chi connectivity index (χ4v) is 1.33. The summed E-state index contributed by atoms with van der Waals surface area (Å²) in [7, 11) is 1.51. The van der Waals surface area contributed by atoms with Gasteiger partial charge < -0.3 is 4.74 Å². The number of nitrogens with two attached hydrogens (primary N) is 1. The minimum atomic E-state index is -3.33. The Morgan fingerprint density at radius 3 is 2.46 bits per heavy atom. The van der Waals surface area contributed by atoms with Gasteiger partial charge in [0.05, 0.1) is 0 Å². The van der Waals surface area contributed by atoms with Crippen LogP contribution in [-0.4, -0.2) is 25.1 Å². The summed E-state index contributed by atoms with van der Waals surface area (Å²) in [5.74, 6) is 4.63. The molecule has 0 fully saturated rings. The zero-order valence-electron chi connectivity index (χ0n) is 7.69. The molecule has 3 nitrogen and oxygen atoms in total. The number of hydrogen-bond donors (Lipinski definition) is 2. The van der Waals surface area contributed by atoms with E-state index in [0.29, 0.717) is 13.0 Å². The summed E-state index contributed by atoms with van der Waals surface area (Å²) >= 11 is 4.86. The van der Waals surface area contributed by atoms with Gasteiger partial charge in [-0.1, -0.05) is 6.92 Å². The van der Waals surface area contributed by atoms with E-state index in [1.54, 1.807) is 6.92 Å². The smallest absolute Gasteiger partial charge is 0.338 e. The number of halogens is 3. The maximum Gasteiger partial charge on any atom is 0.338 e. The molecule has 0 saturated carbocycles. The van der Waals surface area contributed by atoms with Crippen molar-refractivity contribution in [2.75, 3.05) is 13.7 Å². The summed E-state index contributed by atoms with van der Waals surface area (Å²) < 4.78 is 30.1. The lowest BCUT2D eigenvalue weighted by molar-refractivity contribution is 0.0213. The van der Waals surface area contributed by atoms with E-state index in [1.807, 2.05) is 5.43 Å². The maximum atomic E-state index is 12.6. The number of ether oxygens (including phenoxy) is 1. The van der Waals surface area contributed by atoms with Crippen molar-refractivity contribution in [3.8, 4) is 0 Å². The fourth-order valence-electron chi connectivity index (χ4n) is 1.05. The molecule has 0 aliphatic carbocycles. The molecule has 0 heterocycles. The first-order valence-electron chi connectivity index (χ1n) is 3.95. The van der Waals surface area contributed by atoms with Crippen molar-refractivity contribution >= 4 is 11.6 Å². The molecule has 0 aliphatic heterocycles. The molecule has 6 heteroatoms. The predicted octanol–water partition coefficient (Wildman–Crippen LogP) is 1.32. The molecule has 0 aromatic heterocycles. The van der Waals surface area contributed by atoms with Crippen molar-refractivity contribution in [2.24, 2.45) is 11.8 Å². The second kappa shape index (κ2) is 5.70. The second-order valence-corrected chi connectivity index (χ2v) is 3.45. The molecule has 0 radical (unpaired) electrons. The van der Waals surface area contributed by atoms with Gasteiger partial charge in [-0.2, -0.15) is 8.78 Å². The molecule has 3 N–H and O–H groups in total. The molecule has 0 saturated heterocycles. The average molecular weight is 217 g/mol. The molecular weight excluding hydrogens is 202 g/mol. The van der Waals surface area contributed by atoms with Gasteiger partial charge in [0.15, 0.2) is 0 Å². The molecule has 0 amide bonds. The van der Waals surface area contributed by atoms with Crippen LogP contribution in [0.1, 0.15) is 13.3 Å². The Hall–Kier alpha value is 0.0300. The Bertz CT molecular complexity index is 143. The number of hydrazine groups is 1. The lowest BCUT2D eigenvalue weighted by Gasteiger charge is -2.26. The van der Waals surface area contributed by atoms with E-state index in [9.17, 15) is 8.78 Å². The summed E-state index contributed by atoms with van der Waals surface area (Å²) in [5.41, 5.74) is 2.01. The number of rotatable bonds is 6. The van der Waals surface area contributed by atoms with Crippen LogP contribution in [0.3, 0.4) is 0 Å². The van der Waals surface area contributed by atoms with Crippen molar-refractivity contribution in [1.29, 1.82) is 0 Å². The third kappa shape index (κ3) is 4.71. The Labute approximate surface area is 81.5 Å². The largest absolute Gasteiger partial charge is 0.385 e. The van der Waals surface area contributed by atoms with Crippen LogP contribution in [0.4, 0.5) is 8.78 Å². The second-order valence-electron chi connectivity index (χ2n) is 2.94. The van der Waals surface area contributed by atoms with Crippen LogP contribution in [0.25, 0.3) is 0 Å². The molecular formula is C7H15ClF2N2O. The lowest BCUT2D eigenvalue weighted by Crippen LogP contribution is -2.49. The van der Waals surface area contributed by atoms with Gasteiger partial charge >= 0.3 is 5.38 Å². The Balaban J connectivity index is 4.07. The van der Waals surface area contributed by atoms with Crippen LogP contribution >= 0.6 is 11.6 Å². The number of alkyl halides is 3. The minimum absolute atomic E-state index is 0.350. The molecule has 2 unspecified atom stereocenters. The van der Waals surface area contributed by atoms with Crippen LogP contribution in [0.15, 0.2) is 0 Å². The molecule has 0 bridgehead atoms. The summed E-state index contributed by atoms with van der Waals surface area (Å²) in [6.07, 6.45) is 0.480. The highest BCUT2D eigenvalue weighted by molar-refractivity contribution is 6.22. The van der Waals surface area contributed by atoms with Crippen LogP contribution in [0.5, 0.6) is 0 Å². The van der Waals surface area contributed by atoms with E-state index in [1.165, 1.54) is 7.11 Å². The van der Waals surface area contributed by atoms with E-state index in [4.69, 9.17) is 22.2 Å². The Morgan fingerprint density at radius 1 is 1.62 bits per heavy atom. The monoisotopic (exact) mass is 216 g/mol. The molecule has 0 aromatic carbocycles. The lowest BCUT2D eigenvalue weighted by atomic mass is 9.99. The van der Waals surface area contributed by atoms with Gasteiger partial charge in [-0.3, -0.25) is 5.84 Å². The predicted molar refractivity (Wildman–Crippen MR) is 47.6 cm³/mol. The molecule has 13 heavy (non-hydrogen) atoms. The molecule has 0 spiro atoms. The van der Waals surface area contributed by atoms with Gasteiger partial charge in [-0.15, -0.1) is 0 Å². The van der Waals surface area contributed by atoms with Gasteiger partial charge in [0.1, 0.15) is 6.04 Å². The topological polar surface area (TPSA) is 47.3 Å². The van der Waals surface area contributed by atoms with Crippen LogP contribution in [-0.2, 0) is 4.74 Å². The van der Waals surface area contributed by atoms with Crippen LogP contribution in [0, 0.1) is 5.92 Å². The SMILES string of the molecule is COCCC(C)C(NN)C(F)(F)Cl. The van der Waals surface area contributed by atoms with Crippen molar-refractivity contribution in [3.63, 3.8) is 0 Å². The van der Waals surface area contributed by atoms with Crippen molar-refractivity contribution in [2.45, 2.75) is 24.8 Å². The highest BCUT2D eigenvalue weighted by atomic mass is 35.5. The van der Waals surface area contributed by atoms with Crippen LogP contribution in [0.2, 0.25) is 0 Å². The highest BCUT2D eigenvalue weighted by Crippen LogP contribution is 2.29. The highest BCUT2D eigenvalue weighted by Gasteiger charge is 2.39. The first-order chi connectivity index (χ1) is 5.93. The molecule has 0 aromatic rings.